The molecule has 3 nitrogen and oxygen atoms in total. The summed E-state index contributed by atoms with van der Waals surface area (Å²) in [4.78, 5) is 4.81. The van der Waals surface area contributed by atoms with E-state index in [-0.39, 0.29) is 5.82 Å². The van der Waals surface area contributed by atoms with Crippen LogP contribution in [0.1, 0.15) is 5.56 Å². The van der Waals surface area contributed by atoms with E-state index in [1.165, 1.54) is 12.1 Å². The summed E-state index contributed by atoms with van der Waals surface area (Å²) in [5.74, 6) is 0.436. The molecule has 1 aromatic rings. The van der Waals surface area contributed by atoms with E-state index >= 15 is 0 Å². The van der Waals surface area contributed by atoms with Gasteiger partial charge in [0.15, 0.2) is 6.20 Å². The minimum Gasteiger partial charge on any atom is -0.207 e. The lowest BCUT2D eigenvalue weighted by molar-refractivity contribution is 0.162. The molecular formula is C9H7FN2O+. The van der Waals surface area contributed by atoms with Crippen LogP contribution in [0.15, 0.2) is 41.3 Å². The van der Waals surface area contributed by atoms with E-state index in [9.17, 15) is 4.39 Å². The summed E-state index contributed by atoms with van der Waals surface area (Å²) in [5, 5.41) is 6.88. The van der Waals surface area contributed by atoms with E-state index in [1.807, 2.05) is 0 Å². The van der Waals surface area contributed by atoms with Crippen molar-refractivity contribution in [3.63, 3.8) is 0 Å². The summed E-state index contributed by atoms with van der Waals surface area (Å²) in [6.45, 7) is 0. The van der Waals surface area contributed by atoms with Gasteiger partial charge in [-0.05, 0) is 17.7 Å². The Hall–Kier alpha value is -1.71. The highest BCUT2D eigenvalue weighted by molar-refractivity contribution is 5.20. The molecule has 0 bridgehead atoms. The van der Waals surface area contributed by atoms with Crippen molar-refractivity contribution in [2.75, 3.05) is 0 Å². The summed E-state index contributed by atoms with van der Waals surface area (Å²) in [6, 6.07) is 6.24. The van der Waals surface area contributed by atoms with Gasteiger partial charge in [0.2, 0.25) is 5.76 Å². The number of hydrogen-bond donors (Lipinski definition) is 0. The Morgan fingerprint density at radius 2 is 2.08 bits per heavy atom. The number of rotatable bonds is 2. The Kier molecular flexibility index (Phi) is 2.04. The fraction of sp³-hybridized carbons (Fsp3) is 0.111. The second-order valence-electron chi connectivity index (χ2n) is 2.69. The largest absolute Gasteiger partial charge is 0.467 e. The van der Waals surface area contributed by atoms with Gasteiger partial charge >= 0.3 is 5.28 Å². The van der Waals surface area contributed by atoms with Crippen molar-refractivity contribution in [3.8, 4) is 0 Å². The van der Waals surface area contributed by atoms with Gasteiger partial charge in [-0.25, -0.2) is 4.39 Å². The zero-order valence-corrected chi connectivity index (χ0v) is 6.77. The van der Waals surface area contributed by atoms with Gasteiger partial charge in [0.05, 0.1) is 0 Å². The third-order valence-electron chi connectivity index (χ3n) is 1.70. The fourth-order valence-corrected chi connectivity index (χ4v) is 1.07. The van der Waals surface area contributed by atoms with Crippen LogP contribution in [0.25, 0.3) is 0 Å². The molecule has 13 heavy (non-hydrogen) atoms. The summed E-state index contributed by atoms with van der Waals surface area (Å²) in [7, 11) is 0. The maximum absolute atomic E-state index is 12.5. The molecule has 1 aromatic carbocycles. The molecule has 0 aliphatic carbocycles. The molecule has 1 aliphatic rings. The molecule has 1 aliphatic heterocycles. The molecule has 0 aromatic heterocycles. The highest BCUT2D eigenvalue weighted by atomic mass is 19.1. The third-order valence-corrected chi connectivity index (χ3v) is 1.70. The molecule has 0 N–H and O–H groups in total. The Morgan fingerprint density at radius 3 is 2.69 bits per heavy atom. The molecule has 1 radical (unpaired) electrons. The van der Waals surface area contributed by atoms with E-state index in [2.05, 4.69) is 10.4 Å². The number of benzene rings is 1. The molecule has 2 rings (SSSR count). The molecule has 65 valence electrons. The Morgan fingerprint density at radius 1 is 1.31 bits per heavy atom. The highest BCUT2D eigenvalue weighted by Gasteiger charge is 2.14. The number of hydrogen-bond acceptors (Lipinski definition) is 3. The van der Waals surface area contributed by atoms with Gasteiger partial charge in [-0.15, -0.1) is 4.84 Å². The molecule has 0 saturated carbocycles. The minimum absolute atomic E-state index is 0.237. The van der Waals surface area contributed by atoms with Crippen LogP contribution < -0.4 is 5.28 Å². The van der Waals surface area contributed by atoms with Crippen molar-refractivity contribution in [1.82, 2.24) is 5.28 Å². The van der Waals surface area contributed by atoms with Gasteiger partial charge < -0.3 is 0 Å². The highest BCUT2D eigenvalue weighted by Crippen LogP contribution is 2.11. The molecule has 0 spiro atoms. The first-order valence-electron chi connectivity index (χ1n) is 3.85. The monoisotopic (exact) mass is 178 g/mol. The van der Waals surface area contributed by atoms with Gasteiger partial charge in [0, 0.05) is 6.42 Å². The average Bonchev–Trinajstić information content (AvgIpc) is 2.62. The molecule has 0 unspecified atom stereocenters. The SMILES string of the molecule is Fc1ccc(CC2=CN=[N+]O2)cc1. The van der Waals surface area contributed by atoms with Crippen LogP contribution in [-0.4, -0.2) is 0 Å². The number of nitrogens with zero attached hydrogens (tertiary/aromatic N) is 2. The normalized spacial score (nSPS) is 14.1. The first-order chi connectivity index (χ1) is 6.34. The summed E-state index contributed by atoms with van der Waals surface area (Å²) < 4.78 is 12.5. The van der Waals surface area contributed by atoms with E-state index < -0.39 is 0 Å². The fourth-order valence-electron chi connectivity index (χ4n) is 1.07. The molecule has 4 heteroatoms. The maximum Gasteiger partial charge on any atom is 0.467 e. The zero-order valence-electron chi connectivity index (χ0n) is 6.77. The summed E-state index contributed by atoms with van der Waals surface area (Å²) in [6.07, 6.45) is 2.14. The molecule has 0 amide bonds. The molecule has 0 fully saturated rings. The van der Waals surface area contributed by atoms with Crippen LogP contribution in [0.2, 0.25) is 0 Å². The summed E-state index contributed by atoms with van der Waals surface area (Å²) >= 11 is 0. The van der Waals surface area contributed by atoms with Crippen LogP contribution in [0.4, 0.5) is 4.39 Å². The maximum atomic E-state index is 12.5. The molecule has 0 atom stereocenters. The second-order valence-corrected chi connectivity index (χ2v) is 2.69. The quantitative estimate of drug-likeness (QED) is 0.681. The lowest BCUT2D eigenvalue weighted by atomic mass is 10.1. The molecule has 1 heterocycles. The summed E-state index contributed by atoms with van der Waals surface area (Å²) in [5.41, 5.74) is 0.972. The standard InChI is InChI=1S/C9H7FN2O/c10-8-3-1-7(2-4-8)5-9-6-11-12-13-9/h1-4,6H,5H2/q+1. The van der Waals surface area contributed by atoms with Crippen molar-refractivity contribution in [1.29, 1.82) is 0 Å². The van der Waals surface area contributed by atoms with Gasteiger partial charge in [0.1, 0.15) is 10.9 Å². The van der Waals surface area contributed by atoms with Gasteiger partial charge in [-0.2, -0.15) is 0 Å². The van der Waals surface area contributed by atoms with E-state index in [4.69, 9.17) is 4.84 Å². The smallest absolute Gasteiger partial charge is 0.207 e. The van der Waals surface area contributed by atoms with Crippen LogP contribution >= 0.6 is 0 Å². The van der Waals surface area contributed by atoms with Crippen molar-refractivity contribution in [2.45, 2.75) is 6.42 Å². The Labute approximate surface area is 74.5 Å². The topological polar surface area (TPSA) is 35.7 Å². The number of allylic oxidation sites excluding steroid dienone is 1. The Balaban J connectivity index is 2.06. The minimum atomic E-state index is -0.237. The lowest BCUT2D eigenvalue weighted by Crippen LogP contribution is -1.92. The zero-order chi connectivity index (χ0) is 9.10. The first kappa shape index (κ1) is 7.91. The molecular weight excluding hydrogens is 171 g/mol. The predicted molar refractivity (Wildman–Crippen MR) is 43.8 cm³/mol. The molecule has 0 saturated heterocycles. The van der Waals surface area contributed by atoms with Crippen molar-refractivity contribution < 1.29 is 9.23 Å². The van der Waals surface area contributed by atoms with Crippen LogP contribution in [0.3, 0.4) is 0 Å². The average molecular weight is 178 g/mol. The van der Waals surface area contributed by atoms with Crippen molar-refractivity contribution in [3.05, 3.63) is 47.6 Å². The number of halogens is 1. The predicted octanol–water partition coefficient (Wildman–Crippen LogP) is 1.94. The van der Waals surface area contributed by atoms with Crippen LogP contribution in [0, 0.1) is 5.82 Å². The first-order valence-corrected chi connectivity index (χ1v) is 3.85. The Bertz CT molecular complexity index is 356. The third kappa shape index (κ3) is 1.90. The van der Waals surface area contributed by atoms with Crippen molar-refractivity contribution in [2.24, 2.45) is 5.11 Å². The lowest BCUT2D eigenvalue weighted by Gasteiger charge is -1.95. The van der Waals surface area contributed by atoms with E-state index in [1.54, 1.807) is 18.3 Å². The second kappa shape index (κ2) is 3.35. The van der Waals surface area contributed by atoms with Crippen LogP contribution in [-0.2, 0) is 11.3 Å². The van der Waals surface area contributed by atoms with E-state index in [0.29, 0.717) is 12.2 Å². The van der Waals surface area contributed by atoms with Crippen LogP contribution in [0.5, 0.6) is 0 Å². The van der Waals surface area contributed by atoms with Gasteiger partial charge in [-0.3, -0.25) is 0 Å². The van der Waals surface area contributed by atoms with Gasteiger partial charge in [0.25, 0.3) is 0 Å². The van der Waals surface area contributed by atoms with E-state index in [0.717, 1.165) is 5.56 Å². The van der Waals surface area contributed by atoms with Gasteiger partial charge in [-0.1, -0.05) is 12.1 Å². The van der Waals surface area contributed by atoms with Crippen molar-refractivity contribution >= 4 is 0 Å².